The molecule has 0 atom stereocenters. The molecule has 5 heteroatoms. The zero-order valence-electron chi connectivity index (χ0n) is 14.2. The SMILES string of the molecule is COc1ccc(CCNC(=O)c2cccc(C)c2)cc1NC(C)=O. The second-order valence-electron chi connectivity index (χ2n) is 5.59. The minimum Gasteiger partial charge on any atom is -0.495 e. The third-order valence-corrected chi connectivity index (χ3v) is 3.55. The molecule has 5 nitrogen and oxygen atoms in total. The van der Waals surface area contributed by atoms with Crippen molar-refractivity contribution in [2.24, 2.45) is 0 Å². The third kappa shape index (κ3) is 4.84. The van der Waals surface area contributed by atoms with Crippen molar-refractivity contribution in [3.05, 3.63) is 59.2 Å². The van der Waals surface area contributed by atoms with E-state index >= 15 is 0 Å². The van der Waals surface area contributed by atoms with Crippen LogP contribution in [0.15, 0.2) is 42.5 Å². The first-order valence-electron chi connectivity index (χ1n) is 7.79. The molecule has 0 aliphatic heterocycles. The number of benzene rings is 2. The topological polar surface area (TPSA) is 67.4 Å². The van der Waals surface area contributed by atoms with E-state index in [9.17, 15) is 9.59 Å². The zero-order chi connectivity index (χ0) is 17.5. The summed E-state index contributed by atoms with van der Waals surface area (Å²) in [5.74, 6) is 0.366. The molecule has 2 aromatic carbocycles. The average Bonchev–Trinajstić information content (AvgIpc) is 2.54. The van der Waals surface area contributed by atoms with Crippen LogP contribution < -0.4 is 15.4 Å². The van der Waals surface area contributed by atoms with E-state index in [1.165, 1.54) is 6.92 Å². The molecule has 0 aliphatic rings. The Bertz CT molecular complexity index is 741. The number of nitrogens with one attached hydrogen (secondary N) is 2. The number of rotatable bonds is 6. The van der Waals surface area contributed by atoms with Crippen LogP contribution in [0.25, 0.3) is 0 Å². The summed E-state index contributed by atoms with van der Waals surface area (Å²) in [7, 11) is 1.56. The molecule has 2 aromatic rings. The number of ether oxygens (including phenoxy) is 1. The van der Waals surface area contributed by atoms with Crippen molar-refractivity contribution >= 4 is 17.5 Å². The van der Waals surface area contributed by atoms with Gasteiger partial charge in [0.2, 0.25) is 5.91 Å². The van der Waals surface area contributed by atoms with Gasteiger partial charge in [0.05, 0.1) is 12.8 Å². The van der Waals surface area contributed by atoms with E-state index in [1.54, 1.807) is 13.2 Å². The van der Waals surface area contributed by atoms with E-state index in [0.717, 1.165) is 11.1 Å². The fraction of sp³-hybridized carbons (Fsp3) is 0.263. The largest absolute Gasteiger partial charge is 0.495 e. The van der Waals surface area contributed by atoms with E-state index < -0.39 is 0 Å². The second kappa shape index (κ2) is 8.15. The molecule has 2 rings (SSSR count). The van der Waals surface area contributed by atoms with Gasteiger partial charge in [0.15, 0.2) is 0 Å². The molecule has 0 radical (unpaired) electrons. The Morgan fingerprint density at radius 3 is 2.58 bits per heavy atom. The molecule has 0 aliphatic carbocycles. The lowest BCUT2D eigenvalue weighted by atomic mass is 10.1. The van der Waals surface area contributed by atoms with Gasteiger partial charge in [-0.25, -0.2) is 0 Å². The van der Waals surface area contributed by atoms with Crippen molar-refractivity contribution in [1.82, 2.24) is 5.32 Å². The minimum atomic E-state index is -0.154. The van der Waals surface area contributed by atoms with Crippen molar-refractivity contribution in [3.8, 4) is 5.75 Å². The minimum absolute atomic E-state index is 0.0886. The maximum Gasteiger partial charge on any atom is 0.251 e. The van der Waals surface area contributed by atoms with E-state index in [-0.39, 0.29) is 11.8 Å². The summed E-state index contributed by atoms with van der Waals surface area (Å²) in [6, 6.07) is 13.1. The molecule has 0 heterocycles. The summed E-state index contributed by atoms with van der Waals surface area (Å²) >= 11 is 0. The lowest BCUT2D eigenvalue weighted by molar-refractivity contribution is -0.114. The Kier molecular flexibility index (Phi) is 5.95. The molecule has 0 saturated carbocycles. The van der Waals surface area contributed by atoms with E-state index in [0.29, 0.717) is 30.0 Å². The third-order valence-electron chi connectivity index (χ3n) is 3.55. The summed E-state index contributed by atoms with van der Waals surface area (Å²) in [6.07, 6.45) is 0.661. The molecular weight excluding hydrogens is 304 g/mol. The van der Waals surface area contributed by atoms with Gasteiger partial charge in [0, 0.05) is 19.0 Å². The molecule has 126 valence electrons. The predicted molar refractivity (Wildman–Crippen MR) is 94.5 cm³/mol. The van der Waals surface area contributed by atoms with Crippen LogP contribution in [0.2, 0.25) is 0 Å². The van der Waals surface area contributed by atoms with Gasteiger partial charge < -0.3 is 15.4 Å². The number of carbonyl (C=O) groups is 2. The van der Waals surface area contributed by atoms with E-state index in [4.69, 9.17) is 4.74 Å². The molecule has 0 aromatic heterocycles. The molecule has 0 spiro atoms. The number of aryl methyl sites for hydroxylation is 1. The van der Waals surface area contributed by atoms with Gasteiger partial charge in [-0.05, 0) is 43.2 Å². The van der Waals surface area contributed by atoms with Crippen LogP contribution in [-0.2, 0) is 11.2 Å². The van der Waals surface area contributed by atoms with E-state index in [2.05, 4.69) is 10.6 Å². The Morgan fingerprint density at radius 2 is 1.92 bits per heavy atom. The van der Waals surface area contributed by atoms with Gasteiger partial charge in [-0.15, -0.1) is 0 Å². The Balaban J connectivity index is 1.96. The highest BCUT2D eigenvalue weighted by Crippen LogP contribution is 2.25. The maximum absolute atomic E-state index is 12.1. The molecule has 2 N–H and O–H groups in total. The number of anilines is 1. The predicted octanol–water partition coefficient (Wildman–Crippen LogP) is 2.93. The molecule has 0 bridgehead atoms. The Morgan fingerprint density at radius 1 is 1.12 bits per heavy atom. The number of methoxy groups -OCH3 is 1. The Labute approximate surface area is 142 Å². The summed E-state index contributed by atoms with van der Waals surface area (Å²) in [4.78, 5) is 23.4. The monoisotopic (exact) mass is 326 g/mol. The number of hydrogen-bond acceptors (Lipinski definition) is 3. The first kappa shape index (κ1) is 17.5. The van der Waals surface area contributed by atoms with E-state index in [1.807, 2.05) is 43.3 Å². The molecule has 0 unspecified atom stereocenters. The smallest absolute Gasteiger partial charge is 0.251 e. The van der Waals surface area contributed by atoms with Gasteiger partial charge in [-0.2, -0.15) is 0 Å². The quantitative estimate of drug-likeness (QED) is 0.857. The molecule has 2 amide bonds. The van der Waals surface area contributed by atoms with Crippen LogP contribution in [0.1, 0.15) is 28.4 Å². The molecule has 0 saturated heterocycles. The normalized spacial score (nSPS) is 10.1. The van der Waals surface area contributed by atoms with Crippen LogP contribution in [0.3, 0.4) is 0 Å². The van der Waals surface area contributed by atoms with Crippen molar-refractivity contribution in [3.63, 3.8) is 0 Å². The van der Waals surface area contributed by atoms with Crippen LogP contribution in [0, 0.1) is 6.92 Å². The lowest BCUT2D eigenvalue weighted by Gasteiger charge is -2.11. The van der Waals surface area contributed by atoms with Gasteiger partial charge >= 0.3 is 0 Å². The number of amides is 2. The number of hydrogen-bond donors (Lipinski definition) is 2. The van der Waals surface area contributed by atoms with Crippen LogP contribution in [0.4, 0.5) is 5.69 Å². The lowest BCUT2D eigenvalue weighted by Crippen LogP contribution is -2.25. The summed E-state index contributed by atoms with van der Waals surface area (Å²) in [5.41, 5.74) is 3.35. The highest BCUT2D eigenvalue weighted by atomic mass is 16.5. The molecule has 24 heavy (non-hydrogen) atoms. The summed E-state index contributed by atoms with van der Waals surface area (Å²) in [6.45, 7) is 3.92. The first-order chi connectivity index (χ1) is 11.5. The fourth-order valence-electron chi connectivity index (χ4n) is 2.41. The highest BCUT2D eigenvalue weighted by Gasteiger charge is 2.08. The van der Waals surface area contributed by atoms with Gasteiger partial charge in [0.25, 0.3) is 5.91 Å². The maximum atomic E-state index is 12.1. The average molecular weight is 326 g/mol. The summed E-state index contributed by atoms with van der Waals surface area (Å²) in [5, 5.41) is 5.65. The second-order valence-corrected chi connectivity index (χ2v) is 5.59. The highest BCUT2D eigenvalue weighted by molar-refractivity contribution is 5.94. The van der Waals surface area contributed by atoms with Gasteiger partial charge in [0.1, 0.15) is 5.75 Å². The Hall–Kier alpha value is -2.82. The molecular formula is C19H22N2O3. The van der Waals surface area contributed by atoms with Gasteiger partial charge in [-0.3, -0.25) is 9.59 Å². The van der Waals surface area contributed by atoms with Crippen molar-refractivity contribution < 1.29 is 14.3 Å². The van der Waals surface area contributed by atoms with Crippen molar-refractivity contribution in [2.45, 2.75) is 20.3 Å². The van der Waals surface area contributed by atoms with Crippen LogP contribution >= 0.6 is 0 Å². The van der Waals surface area contributed by atoms with Crippen LogP contribution in [-0.4, -0.2) is 25.5 Å². The summed E-state index contributed by atoms with van der Waals surface area (Å²) < 4.78 is 5.23. The molecule has 0 fully saturated rings. The van der Waals surface area contributed by atoms with Crippen molar-refractivity contribution in [1.29, 1.82) is 0 Å². The van der Waals surface area contributed by atoms with Crippen LogP contribution in [0.5, 0.6) is 5.75 Å². The first-order valence-corrected chi connectivity index (χ1v) is 7.79. The number of carbonyl (C=O) groups excluding carboxylic acids is 2. The zero-order valence-corrected chi connectivity index (χ0v) is 14.2. The van der Waals surface area contributed by atoms with Crippen molar-refractivity contribution in [2.75, 3.05) is 19.0 Å². The standard InChI is InChI=1S/C19H22N2O3/c1-13-5-4-6-16(11-13)19(23)20-10-9-15-7-8-18(24-3)17(12-15)21-14(2)22/h4-8,11-12H,9-10H2,1-3H3,(H,20,23)(H,21,22). The van der Waals surface area contributed by atoms with Gasteiger partial charge in [-0.1, -0.05) is 23.8 Å². The fourth-order valence-corrected chi connectivity index (χ4v) is 2.41.